The Labute approximate surface area is 141 Å². The third-order valence-electron chi connectivity index (χ3n) is 3.84. The molecule has 6 nitrogen and oxygen atoms in total. The Morgan fingerprint density at radius 2 is 2.08 bits per heavy atom. The van der Waals surface area contributed by atoms with Crippen molar-refractivity contribution in [3.8, 4) is 5.75 Å². The van der Waals surface area contributed by atoms with Gasteiger partial charge in [0.1, 0.15) is 17.6 Å². The van der Waals surface area contributed by atoms with Crippen LogP contribution in [0.2, 0.25) is 0 Å². The third kappa shape index (κ3) is 3.92. The van der Waals surface area contributed by atoms with Crippen molar-refractivity contribution >= 4 is 5.91 Å². The molecule has 0 aliphatic carbocycles. The molecule has 1 saturated heterocycles. The van der Waals surface area contributed by atoms with E-state index in [1.54, 1.807) is 6.92 Å². The van der Waals surface area contributed by atoms with Crippen molar-refractivity contribution in [2.24, 2.45) is 0 Å². The van der Waals surface area contributed by atoms with Gasteiger partial charge >= 0.3 is 0 Å². The molecule has 1 amide bonds. The number of alkyl halides is 2. The van der Waals surface area contributed by atoms with E-state index in [9.17, 15) is 18.0 Å². The van der Waals surface area contributed by atoms with Crippen molar-refractivity contribution in [3.63, 3.8) is 0 Å². The minimum atomic E-state index is -3.04. The lowest BCUT2D eigenvalue weighted by Crippen LogP contribution is -2.36. The molecule has 1 aliphatic heterocycles. The van der Waals surface area contributed by atoms with Crippen molar-refractivity contribution < 1.29 is 27.1 Å². The first kappa shape index (κ1) is 17.2. The van der Waals surface area contributed by atoms with E-state index in [0.29, 0.717) is 12.3 Å². The van der Waals surface area contributed by atoms with Crippen LogP contribution in [0.15, 0.2) is 28.7 Å². The van der Waals surface area contributed by atoms with Gasteiger partial charge in [0.05, 0.1) is 6.54 Å². The summed E-state index contributed by atoms with van der Waals surface area (Å²) in [7, 11) is 0. The average Bonchev–Trinajstić information content (AvgIpc) is 3.17. The number of benzene rings is 1. The van der Waals surface area contributed by atoms with Crippen molar-refractivity contribution in [2.75, 3.05) is 13.2 Å². The van der Waals surface area contributed by atoms with E-state index >= 15 is 0 Å². The standard InChI is InChI=1S/C16H16F3N3O3/c1-2-13-20-21-15(25-13)12-7-16(18,19)9-22(12)14(23)8-24-11-5-3-10(17)4-6-11/h3-6,12H,2,7-9H2,1H3/t12-/m0/s1. The summed E-state index contributed by atoms with van der Waals surface area (Å²) in [5, 5.41) is 7.53. The molecule has 0 N–H and O–H groups in total. The third-order valence-corrected chi connectivity index (χ3v) is 3.84. The molecule has 0 radical (unpaired) electrons. The van der Waals surface area contributed by atoms with Gasteiger partial charge in [0.15, 0.2) is 6.61 Å². The van der Waals surface area contributed by atoms with E-state index in [1.807, 2.05) is 0 Å². The second-order valence-corrected chi connectivity index (χ2v) is 5.73. The minimum absolute atomic E-state index is 0.0100. The molecule has 0 bridgehead atoms. The van der Waals surface area contributed by atoms with Crippen LogP contribution in [0.25, 0.3) is 0 Å². The molecule has 9 heteroatoms. The highest BCUT2D eigenvalue weighted by atomic mass is 19.3. The summed E-state index contributed by atoms with van der Waals surface area (Å²) in [6.07, 6.45) is -0.113. The molecular weight excluding hydrogens is 339 g/mol. The Morgan fingerprint density at radius 3 is 2.72 bits per heavy atom. The highest BCUT2D eigenvalue weighted by Gasteiger charge is 2.49. The zero-order valence-electron chi connectivity index (χ0n) is 13.4. The van der Waals surface area contributed by atoms with Crippen molar-refractivity contribution in [1.82, 2.24) is 15.1 Å². The fourth-order valence-electron chi connectivity index (χ4n) is 2.60. The lowest BCUT2D eigenvalue weighted by Gasteiger charge is -2.21. The van der Waals surface area contributed by atoms with Gasteiger partial charge in [-0.25, -0.2) is 13.2 Å². The molecule has 1 aromatic carbocycles. The summed E-state index contributed by atoms with van der Waals surface area (Å²) in [4.78, 5) is 13.3. The monoisotopic (exact) mass is 355 g/mol. The van der Waals surface area contributed by atoms with Gasteiger partial charge < -0.3 is 14.1 Å². The Bertz CT molecular complexity index is 749. The zero-order chi connectivity index (χ0) is 18.0. The quantitative estimate of drug-likeness (QED) is 0.825. The number of hydrogen-bond donors (Lipinski definition) is 0. The predicted octanol–water partition coefficient (Wildman–Crippen LogP) is 2.76. The van der Waals surface area contributed by atoms with Crippen LogP contribution in [-0.4, -0.2) is 40.1 Å². The highest BCUT2D eigenvalue weighted by molar-refractivity contribution is 5.78. The highest BCUT2D eigenvalue weighted by Crippen LogP contribution is 2.40. The Morgan fingerprint density at radius 1 is 1.36 bits per heavy atom. The van der Waals surface area contributed by atoms with Gasteiger partial charge in [-0.1, -0.05) is 6.92 Å². The lowest BCUT2D eigenvalue weighted by molar-refractivity contribution is -0.135. The Balaban J connectivity index is 1.71. The number of likely N-dealkylation sites (tertiary alicyclic amines) is 1. The zero-order valence-corrected chi connectivity index (χ0v) is 13.4. The second-order valence-electron chi connectivity index (χ2n) is 5.73. The maximum atomic E-state index is 13.8. The molecule has 1 aliphatic rings. The van der Waals surface area contributed by atoms with Crippen LogP contribution < -0.4 is 4.74 Å². The molecule has 3 rings (SSSR count). The smallest absolute Gasteiger partial charge is 0.267 e. The summed E-state index contributed by atoms with van der Waals surface area (Å²) < 4.78 is 51.1. The van der Waals surface area contributed by atoms with E-state index < -0.39 is 43.3 Å². The van der Waals surface area contributed by atoms with Crippen molar-refractivity contribution in [2.45, 2.75) is 31.7 Å². The summed E-state index contributed by atoms with van der Waals surface area (Å²) in [5.41, 5.74) is 0. The molecule has 0 spiro atoms. The summed E-state index contributed by atoms with van der Waals surface area (Å²) in [6, 6.07) is 4.07. The fourth-order valence-corrected chi connectivity index (χ4v) is 2.60. The summed E-state index contributed by atoms with van der Waals surface area (Å²) >= 11 is 0. The summed E-state index contributed by atoms with van der Waals surface area (Å²) in [6.45, 7) is 0.597. The number of aryl methyl sites for hydroxylation is 1. The lowest BCUT2D eigenvalue weighted by atomic mass is 10.2. The van der Waals surface area contributed by atoms with E-state index in [4.69, 9.17) is 9.15 Å². The molecule has 1 atom stereocenters. The number of rotatable bonds is 5. The molecule has 25 heavy (non-hydrogen) atoms. The van der Waals surface area contributed by atoms with Gasteiger partial charge in [0.25, 0.3) is 11.8 Å². The second kappa shape index (κ2) is 6.73. The average molecular weight is 355 g/mol. The van der Waals surface area contributed by atoms with Gasteiger partial charge in [-0.15, -0.1) is 10.2 Å². The first-order valence-electron chi connectivity index (χ1n) is 7.76. The van der Waals surface area contributed by atoms with E-state index in [1.165, 1.54) is 24.3 Å². The number of carbonyl (C=O) groups excluding carboxylic acids is 1. The maximum Gasteiger partial charge on any atom is 0.267 e. The van der Waals surface area contributed by atoms with Crippen LogP contribution in [0.1, 0.15) is 31.2 Å². The van der Waals surface area contributed by atoms with Gasteiger partial charge in [-0.05, 0) is 24.3 Å². The topological polar surface area (TPSA) is 68.5 Å². The normalized spacial score (nSPS) is 19.2. The minimum Gasteiger partial charge on any atom is -0.484 e. The van der Waals surface area contributed by atoms with Gasteiger partial charge in [-0.3, -0.25) is 4.79 Å². The Kier molecular flexibility index (Phi) is 4.65. The molecule has 0 unspecified atom stereocenters. The van der Waals surface area contributed by atoms with E-state index in [0.717, 1.165) is 4.90 Å². The number of nitrogens with zero attached hydrogens (tertiary/aromatic N) is 3. The van der Waals surface area contributed by atoms with Crippen LogP contribution in [0.3, 0.4) is 0 Å². The molecule has 2 heterocycles. The number of halogens is 3. The largest absolute Gasteiger partial charge is 0.484 e. The first-order chi connectivity index (χ1) is 11.9. The molecule has 1 fully saturated rings. The molecule has 134 valence electrons. The van der Waals surface area contributed by atoms with E-state index in [2.05, 4.69) is 10.2 Å². The molecule has 0 saturated carbocycles. The van der Waals surface area contributed by atoms with Crippen LogP contribution in [0.4, 0.5) is 13.2 Å². The van der Waals surface area contributed by atoms with E-state index in [-0.39, 0.29) is 11.6 Å². The number of aromatic nitrogens is 2. The number of ether oxygens (including phenoxy) is 1. The first-order valence-corrected chi connectivity index (χ1v) is 7.76. The van der Waals surface area contributed by atoms with Crippen molar-refractivity contribution in [1.29, 1.82) is 0 Å². The van der Waals surface area contributed by atoms with Crippen molar-refractivity contribution in [3.05, 3.63) is 41.9 Å². The van der Waals surface area contributed by atoms with Crippen LogP contribution in [0.5, 0.6) is 5.75 Å². The van der Waals surface area contributed by atoms with Gasteiger partial charge in [0, 0.05) is 12.8 Å². The van der Waals surface area contributed by atoms with Crippen LogP contribution >= 0.6 is 0 Å². The SMILES string of the molecule is CCc1nnc([C@@H]2CC(F)(F)CN2C(=O)COc2ccc(F)cc2)o1. The Hall–Kier alpha value is -2.58. The number of hydrogen-bond acceptors (Lipinski definition) is 5. The fraction of sp³-hybridized carbons (Fsp3) is 0.438. The predicted molar refractivity (Wildman–Crippen MR) is 79.6 cm³/mol. The number of carbonyl (C=O) groups is 1. The van der Waals surface area contributed by atoms with Crippen LogP contribution in [0, 0.1) is 5.82 Å². The molecular formula is C16H16F3N3O3. The van der Waals surface area contributed by atoms with Gasteiger partial charge in [0.2, 0.25) is 11.8 Å². The summed E-state index contributed by atoms with van der Waals surface area (Å²) in [5.74, 6) is -3.55. The molecule has 2 aromatic rings. The number of amides is 1. The van der Waals surface area contributed by atoms with Gasteiger partial charge in [-0.2, -0.15) is 0 Å². The van der Waals surface area contributed by atoms with Crippen LogP contribution in [-0.2, 0) is 11.2 Å². The maximum absolute atomic E-state index is 13.8. The molecule has 1 aromatic heterocycles.